The van der Waals surface area contributed by atoms with Crippen LogP contribution in [-0.4, -0.2) is 20.2 Å². The predicted octanol–water partition coefficient (Wildman–Crippen LogP) is 13.0. The number of nitrogens with two attached hydrogens (primary N) is 1. The van der Waals surface area contributed by atoms with Gasteiger partial charge in [-0.15, -0.1) is 0 Å². The summed E-state index contributed by atoms with van der Waals surface area (Å²) < 4.78 is 0.643. The van der Waals surface area contributed by atoms with E-state index >= 15 is 0 Å². The van der Waals surface area contributed by atoms with Crippen molar-refractivity contribution in [3.8, 4) is 10.6 Å². The van der Waals surface area contributed by atoms with Crippen molar-refractivity contribution < 1.29 is 4.79 Å². The molecule has 0 radical (unpaired) electrons. The minimum Gasteiger partial charge on any atom is -0.396 e. The van der Waals surface area contributed by atoms with E-state index in [9.17, 15) is 4.79 Å². The molecule has 0 unspecified atom stereocenters. The first kappa shape index (κ1) is 40.2. The summed E-state index contributed by atoms with van der Waals surface area (Å²) in [7, 11) is 0. The van der Waals surface area contributed by atoms with Crippen LogP contribution in [0.5, 0.6) is 0 Å². The van der Waals surface area contributed by atoms with Crippen molar-refractivity contribution in [3.05, 3.63) is 178 Å². The quantitative estimate of drug-likeness (QED) is 0.130. The lowest BCUT2D eigenvalue weighted by Gasteiger charge is -2.16. The maximum absolute atomic E-state index is 10.4. The average Bonchev–Trinajstić information content (AvgIpc) is 4.19. The molecule has 3 aromatic heterocycles. The van der Waals surface area contributed by atoms with Gasteiger partial charge in [-0.1, -0.05) is 173 Å². The second kappa shape index (κ2) is 18.9. The van der Waals surface area contributed by atoms with Gasteiger partial charge in [0.2, 0.25) is 0 Å². The highest BCUT2D eigenvalue weighted by atomic mass is 35.5. The number of carbonyl (C=O) groups excluding carboxylic acids is 1. The number of nitrogen functional groups attached to an aromatic ring is 1. The molecule has 3 N–H and O–H groups in total. The number of carbonyl (C=O) groups is 1. The van der Waals surface area contributed by atoms with Crippen LogP contribution >= 0.6 is 35.2 Å². The van der Waals surface area contributed by atoms with Crippen molar-refractivity contribution in [1.82, 2.24) is 15.0 Å². The molecule has 2 saturated carbocycles. The normalized spacial score (nSPS) is 13.9. The van der Waals surface area contributed by atoms with Crippen LogP contribution in [0.25, 0.3) is 20.9 Å². The lowest BCUT2D eigenvalue weighted by Crippen LogP contribution is -2.11. The number of benzene rings is 4. The highest BCUT2D eigenvalue weighted by Gasteiger charge is 2.47. The average molecular weight is 771 g/mol. The molecule has 4 aromatic carbocycles. The van der Waals surface area contributed by atoms with Crippen molar-refractivity contribution in [1.29, 1.82) is 0 Å². The van der Waals surface area contributed by atoms with E-state index in [0.29, 0.717) is 15.9 Å². The predicted molar refractivity (Wildman–Crippen MR) is 231 cm³/mol. The largest absolute Gasteiger partial charge is 0.396 e. The van der Waals surface area contributed by atoms with Gasteiger partial charge in [-0.25, -0.2) is 9.97 Å². The lowest BCUT2D eigenvalue weighted by molar-refractivity contribution is 0.108. The van der Waals surface area contributed by atoms with Crippen LogP contribution in [0.15, 0.2) is 146 Å². The Hall–Kier alpha value is -4.95. The molecule has 0 amide bonds. The van der Waals surface area contributed by atoms with E-state index in [2.05, 4.69) is 102 Å². The maximum atomic E-state index is 10.4. The van der Waals surface area contributed by atoms with Gasteiger partial charge in [0.25, 0.3) is 5.24 Å². The molecule has 0 saturated heterocycles. The standard InChI is InChI=1S/C21H16N2S.C14H14N2S.C7H5ClO.2C2H6/c1-3-7-15(8-4-1)19-22-17-11-12-18(23-20(17)24-19)21(13-14-21)16-9-5-2-6-10-16;15-11-6-7-12(16-13(11)17)14(8-9-14)10-4-2-1-3-5-10;8-7(9)6-4-2-1-3-5-6;2*1-2/h1-12H,13-14H2;1-7H,8-9,15H2,(H,16,17);1-5H;2*1-2H3. The Morgan fingerprint density at radius 2 is 1.17 bits per heavy atom. The Balaban J connectivity index is 0.000000163. The summed E-state index contributed by atoms with van der Waals surface area (Å²) in [4.78, 5) is 24.5. The summed E-state index contributed by atoms with van der Waals surface area (Å²) in [5.41, 5.74) is 14.5. The van der Waals surface area contributed by atoms with Crippen molar-refractivity contribution in [2.45, 2.75) is 64.2 Å². The van der Waals surface area contributed by atoms with E-state index in [1.807, 2.05) is 52.0 Å². The van der Waals surface area contributed by atoms with Crippen molar-refractivity contribution in [2.24, 2.45) is 0 Å². The molecule has 0 bridgehead atoms. The van der Waals surface area contributed by atoms with Crippen LogP contribution < -0.4 is 5.73 Å². The Labute approximate surface area is 333 Å². The highest BCUT2D eigenvalue weighted by Crippen LogP contribution is 2.53. The minimum absolute atomic E-state index is 0.117. The number of halogens is 1. The number of anilines is 1. The van der Waals surface area contributed by atoms with E-state index < -0.39 is 5.24 Å². The van der Waals surface area contributed by atoms with Crippen LogP contribution in [0.2, 0.25) is 0 Å². The molecule has 0 spiro atoms. The third kappa shape index (κ3) is 9.40. The number of aromatic nitrogens is 3. The number of fused-ring (bicyclic) bond motifs is 1. The number of aromatic amines is 1. The van der Waals surface area contributed by atoms with E-state index in [4.69, 9.17) is 39.5 Å². The van der Waals surface area contributed by atoms with Crippen LogP contribution in [0.3, 0.4) is 0 Å². The van der Waals surface area contributed by atoms with Crippen LogP contribution in [-0.2, 0) is 10.8 Å². The Morgan fingerprint density at radius 1 is 0.667 bits per heavy atom. The van der Waals surface area contributed by atoms with Gasteiger partial charge in [0.05, 0.1) is 11.4 Å². The van der Waals surface area contributed by atoms with Gasteiger partial charge in [-0.05, 0) is 72.7 Å². The first-order valence-corrected chi connectivity index (χ1v) is 20.2. The molecular weight excluding hydrogens is 724 g/mol. The van der Waals surface area contributed by atoms with Crippen LogP contribution in [0.1, 0.15) is 86.3 Å². The number of hydrogen-bond acceptors (Lipinski definition) is 6. The molecule has 2 aliphatic rings. The molecule has 54 heavy (non-hydrogen) atoms. The third-order valence-electron chi connectivity index (χ3n) is 9.38. The molecule has 0 aliphatic heterocycles. The number of rotatable bonds is 6. The lowest BCUT2D eigenvalue weighted by atomic mass is 9.92. The van der Waals surface area contributed by atoms with Gasteiger partial charge in [0, 0.05) is 27.7 Å². The molecule has 7 aromatic rings. The van der Waals surface area contributed by atoms with Gasteiger partial charge < -0.3 is 10.7 Å². The number of nitrogens with zero attached hydrogens (tertiary/aromatic N) is 2. The maximum Gasteiger partial charge on any atom is 0.252 e. The number of H-pyrrole nitrogens is 1. The zero-order valence-corrected chi connectivity index (χ0v) is 33.6. The Bertz CT molecular complexity index is 2280. The fourth-order valence-corrected chi connectivity index (χ4v) is 7.54. The molecule has 5 nitrogen and oxygen atoms in total. The van der Waals surface area contributed by atoms with Gasteiger partial charge >= 0.3 is 0 Å². The molecular formula is C46H47ClN4OS2. The van der Waals surface area contributed by atoms with Crippen molar-refractivity contribution in [3.63, 3.8) is 0 Å². The fraction of sp³-hybridized carbons (Fsp3) is 0.217. The first-order valence-electron chi connectivity index (χ1n) is 18.6. The molecule has 3 heterocycles. The van der Waals surface area contributed by atoms with Crippen molar-refractivity contribution in [2.75, 3.05) is 5.73 Å². The smallest absolute Gasteiger partial charge is 0.252 e. The van der Waals surface area contributed by atoms with Gasteiger partial charge in [0.1, 0.15) is 20.0 Å². The number of hydrogen-bond donors (Lipinski definition) is 2. The van der Waals surface area contributed by atoms with Crippen LogP contribution in [0, 0.1) is 4.64 Å². The molecule has 2 aliphatic carbocycles. The minimum atomic E-state index is -0.407. The van der Waals surface area contributed by atoms with E-state index in [1.165, 1.54) is 48.2 Å². The van der Waals surface area contributed by atoms with Gasteiger partial charge in [-0.2, -0.15) is 0 Å². The fourth-order valence-electron chi connectivity index (χ4n) is 6.29. The monoisotopic (exact) mass is 770 g/mol. The van der Waals surface area contributed by atoms with E-state index in [0.717, 1.165) is 20.9 Å². The Kier molecular flexibility index (Phi) is 14.1. The number of thiazole rings is 1. The second-order valence-electron chi connectivity index (χ2n) is 12.6. The molecule has 276 valence electrons. The molecule has 2 fully saturated rings. The second-order valence-corrected chi connectivity index (χ2v) is 14.3. The topological polar surface area (TPSA) is 84.7 Å². The zero-order chi connectivity index (χ0) is 38.6. The van der Waals surface area contributed by atoms with Crippen LogP contribution in [0.4, 0.5) is 5.69 Å². The van der Waals surface area contributed by atoms with Crippen molar-refractivity contribution >= 4 is 56.4 Å². The Morgan fingerprint density at radius 3 is 1.65 bits per heavy atom. The summed E-state index contributed by atoms with van der Waals surface area (Å²) in [6.45, 7) is 8.00. The summed E-state index contributed by atoms with van der Waals surface area (Å²) in [6, 6.07) is 48.7. The zero-order valence-electron chi connectivity index (χ0n) is 31.3. The molecule has 0 atom stereocenters. The highest BCUT2D eigenvalue weighted by molar-refractivity contribution is 7.71. The first-order chi connectivity index (χ1) is 26.4. The van der Waals surface area contributed by atoms with Gasteiger partial charge in [-0.3, -0.25) is 4.79 Å². The molecule has 9 rings (SSSR count). The van der Waals surface area contributed by atoms with Gasteiger partial charge in [0.15, 0.2) is 0 Å². The third-order valence-corrected chi connectivity index (χ3v) is 10.9. The summed E-state index contributed by atoms with van der Waals surface area (Å²) in [5, 5.41) is 0.635. The SMILES string of the molecule is CC.CC.Nc1ccc(C2(c3ccccc3)CC2)[nH]c1=S.O=C(Cl)c1ccccc1.c1ccc(-c2nc3ccc(C4(c5ccccc5)CC4)nc3s2)cc1. The number of pyridine rings is 2. The summed E-state index contributed by atoms with van der Waals surface area (Å²) >= 11 is 12.1. The van der Waals surface area contributed by atoms with E-state index in [-0.39, 0.29) is 10.8 Å². The summed E-state index contributed by atoms with van der Waals surface area (Å²) in [5.74, 6) is 0. The summed E-state index contributed by atoms with van der Waals surface area (Å²) in [6.07, 6.45) is 4.71. The molecule has 8 heteroatoms. The van der Waals surface area contributed by atoms with E-state index in [1.54, 1.807) is 35.6 Å². The number of nitrogens with one attached hydrogen (secondary N) is 1.